The molecule has 0 radical (unpaired) electrons. The van der Waals surface area contributed by atoms with Crippen LogP contribution >= 0.6 is 0 Å². The number of ether oxygens (including phenoxy) is 4. The molecular weight excluding hydrogens is 341 g/mol. The Morgan fingerprint density at radius 2 is 1.92 bits per heavy atom. The summed E-state index contributed by atoms with van der Waals surface area (Å²) in [5, 5.41) is 0. The highest BCUT2D eigenvalue weighted by molar-refractivity contribution is 5.82. The van der Waals surface area contributed by atoms with E-state index in [0.717, 1.165) is 7.11 Å². The molecule has 0 amide bonds. The summed E-state index contributed by atoms with van der Waals surface area (Å²) in [6, 6.07) is 6.68. The molecule has 1 aliphatic heterocycles. The zero-order valence-electron chi connectivity index (χ0n) is 14.3. The maximum absolute atomic E-state index is 13.7. The molecule has 0 aliphatic carbocycles. The SMILES string of the molecule is COC1CC[C@@](C)(COC(=O)[C@@](OC)(c2ccccc2)C(F)(F)F)O1. The van der Waals surface area contributed by atoms with Crippen molar-refractivity contribution in [3.05, 3.63) is 35.9 Å². The van der Waals surface area contributed by atoms with E-state index in [0.29, 0.717) is 12.8 Å². The predicted molar refractivity (Wildman–Crippen MR) is 81.7 cm³/mol. The van der Waals surface area contributed by atoms with Gasteiger partial charge in [-0.2, -0.15) is 13.2 Å². The van der Waals surface area contributed by atoms with Crippen molar-refractivity contribution >= 4 is 5.97 Å². The average Bonchev–Trinajstić information content (AvgIpc) is 2.96. The van der Waals surface area contributed by atoms with E-state index in [9.17, 15) is 18.0 Å². The number of alkyl halides is 3. The number of carbonyl (C=O) groups is 1. The van der Waals surface area contributed by atoms with Crippen molar-refractivity contribution in [1.29, 1.82) is 0 Å². The molecule has 1 aromatic carbocycles. The standard InChI is InChI=1S/C17H21F3O5/c1-15(10-9-13(22-2)25-15)11-24-14(21)16(23-3,17(18,19)20)12-7-5-4-6-8-12/h4-8,13H,9-11H2,1-3H3/t13?,15-,16-/m0/s1. The van der Waals surface area contributed by atoms with Crippen molar-refractivity contribution in [3.8, 4) is 0 Å². The first-order valence-electron chi connectivity index (χ1n) is 7.74. The molecule has 0 aromatic heterocycles. The van der Waals surface area contributed by atoms with Crippen molar-refractivity contribution in [1.82, 2.24) is 0 Å². The van der Waals surface area contributed by atoms with E-state index in [1.165, 1.54) is 31.4 Å². The number of carbonyl (C=O) groups excluding carboxylic acids is 1. The number of methoxy groups -OCH3 is 2. The summed E-state index contributed by atoms with van der Waals surface area (Å²) in [6.07, 6.45) is -4.39. The van der Waals surface area contributed by atoms with E-state index in [1.54, 1.807) is 13.0 Å². The molecule has 0 N–H and O–H groups in total. The number of hydrogen-bond donors (Lipinski definition) is 0. The van der Waals surface area contributed by atoms with E-state index >= 15 is 0 Å². The Bertz CT molecular complexity index is 592. The van der Waals surface area contributed by atoms with Crippen LogP contribution in [0.4, 0.5) is 13.2 Å². The van der Waals surface area contributed by atoms with Gasteiger partial charge in [-0.3, -0.25) is 0 Å². The Hall–Kier alpha value is -1.64. The van der Waals surface area contributed by atoms with Gasteiger partial charge in [0, 0.05) is 26.2 Å². The summed E-state index contributed by atoms with van der Waals surface area (Å²) in [7, 11) is 2.30. The first-order valence-corrected chi connectivity index (χ1v) is 7.74. The van der Waals surface area contributed by atoms with Crippen LogP contribution in [0.2, 0.25) is 0 Å². The Kier molecular flexibility index (Phi) is 5.75. The van der Waals surface area contributed by atoms with Crippen LogP contribution < -0.4 is 0 Å². The van der Waals surface area contributed by atoms with Gasteiger partial charge in [0.05, 0.1) is 0 Å². The first kappa shape index (κ1) is 19.7. The van der Waals surface area contributed by atoms with Crippen LogP contribution in [0.1, 0.15) is 25.3 Å². The van der Waals surface area contributed by atoms with Crippen LogP contribution in [0, 0.1) is 0 Å². The molecule has 25 heavy (non-hydrogen) atoms. The van der Waals surface area contributed by atoms with Gasteiger partial charge >= 0.3 is 12.1 Å². The molecular formula is C17H21F3O5. The summed E-state index contributed by atoms with van der Waals surface area (Å²) in [5.41, 5.74) is -4.44. The summed E-state index contributed by atoms with van der Waals surface area (Å²) < 4.78 is 61.5. The number of rotatable bonds is 6. The van der Waals surface area contributed by atoms with Crippen molar-refractivity contribution in [2.75, 3.05) is 20.8 Å². The van der Waals surface area contributed by atoms with E-state index in [-0.39, 0.29) is 12.2 Å². The Morgan fingerprint density at radius 1 is 1.28 bits per heavy atom. The molecule has 5 nitrogen and oxygen atoms in total. The average molecular weight is 362 g/mol. The smallest absolute Gasteiger partial charge is 0.432 e. The van der Waals surface area contributed by atoms with Gasteiger partial charge < -0.3 is 18.9 Å². The van der Waals surface area contributed by atoms with Gasteiger partial charge in [0.15, 0.2) is 6.29 Å². The Balaban J connectivity index is 2.23. The maximum Gasteiger partial charge on any atom is 0.432 e. The summed E-state index contributed by atoms with van der Waals surface area (Å²) in [5.74, 6) is -1.53. The van der Waals surface area contributed by atoms with E-state index in [2.05, 4.69) is 4.74 Å². The molecule has 1 fully saturated rings. The lowest BCUT2D eigenvalue weighted by Gasteiger charge is -2.33. The highest BCUT2D eigenvalue weighted by Gasteiger charge is 2.64. The molecule has 140 valence electrons. The number of halogens is 3. The summed E-state index contributed by atoms with van der Waals surface area (Å²) in [6.45, 7) is 1.32. The third-order valence-electron chi connectivity index (χ3n) is 4.27. The molecule has 8 heteroatoms. The van der Waals surface area contributed by atoms with Crippen LogP contribution in [0.25, 0.3) is 0 Å². The minimum atomic E-state index is -4.99. The highest BCUT2D eigenvalue weighted by atomic mass is 19.4. The molecule has 0 spiro atoms. The maximum atomic E-state index is 13.7. The monoisotopic (exact) mass is 362 g/mol. The van der Waals surface area contributed by atoms with Crippen LogP contribution in [-0.4, -0.2) is 44.9 Å². The summed E-state index contributed by atoms with van der Waals surface area (Å²) in [4.78, 5) is 12.4. The molecule has 1 saturated heterocycles. The summed E-state index contributed by atoms with van der Waals surface area (Å²) >= 11 is 0. The van der Waals surface area contributed by atoms with Crippen LogP contribution in [0.15, 0.2) is 30.3 Å². The second-order valence-electron chi connectivity index (χ2n) is 6.10. The lowest BCUT2D eigenvalue weighted by Crippen LogP contribution is -2.52. The van der Waals surface area contributed by atoms with Gasteiger partial charge in [0.25, 0.3) is 5.60 Å². The molecule has 1 aromatic rings. The van der Waals surface area contributed by atoms with Gasteiger partial charge in [0.2, 0.25) is 0 Å². The molecule has 3 atom stereocenters. The fraction of sp³-hybridized carbons (Fsp3) is 0.588. The predicted octanol–water partition coefficient (Wildman–Crippen LogP) is 3.18. The quantitative estimate of drug-likeness (QED) is 0.728. The van der Waals surface area contributed by atoms with Crippen molar-refractivity contribution in [2.45, 2.75) is 43.4 Å². The fourth-order valence-corrected chi connectivity index (χ4v) is 2.84. The van der Waals surface area contributed by atoms with Crippen molar-refractivity contribution in [3.63, 3.8) is 0 Å². The topological polar surface area (TPSA) is 54.0 Å². The Labute approximate surface area is 144 Å². The lowest BCUT2D eigenvalue weighted by molar-refractivity contribution is -0.278. The van der Waals surface area contributed by atoms with Gasteiger partial charge in [-0.05, 0) is 13.3 Å². The number of benzene rings is 1. The largest absolute Gasteiger partial charge is 0.460 e. The van der Waals surface area contributed by atoms with E-state index < -0.39 is 29.6 Å². The van der Waals surface area contributed by atoms with E-state index in [4.69, 9.17) is 14.2 Å². The molecule has 1 aliphatic rings. The fourth-order valence-electron chi connectivity index (χ4n) is 2.84. The minimum Gasteiger partial charge on any atom is -0.460 e. The molecule has 1 heterocycles. The zero-order valence-corrected chi connectivity index (χ0v) is 14.3. The van der Waals surface area contributed by atoms with E-state index in [1.807, 2.05) is 0 Å². The third kappa shape index (κ3) is 3.80. The highest BCUT2D eigenvalue weighted by Crippen LogP contribution is 2.43. The van der Waals surface area contributed by atoms with Gasteiger partial charge in [-0.15, -0.1) is 0 Å². The first-order chi connectivity index (χ1) is 11.7. The lowest BCUT2D eigenvalue weighted by atomic mass is 9.92. The Morgan fingerprint density at radius 3 is 2.40 bits per heavy atom. The van der Waals surface area contributed by atoms with Gasteiger partial charge in [0.1, 0.15) is 12.2 Å². The molecule has 2 rings (SSSR count). The second kappa shape index (κ2) is 7.31. The third-order valence-corrected chi connectivity index (χ3v) is 4.27. The van der Waals surface area contributed by atoms with Crippen molar-refractivity contribution in [2.24, 2.45) is 0 Å². The molecule has 0 bridgehead atoms. The normalized spacial score (nSPS) is 26.2. The second-order valence-corrected chi connectivity index (χ2v) is 6.10. The molecule has 0 saturated carbocycles. The number of hydrogen-bond acceptors (Lipinski definition) is 5. The van der Waals surface area contributed by atoms with Gasteiger partial charge in [-0.1, -0.05) is 30.3 Å². The zero-order chi connectivity index (χ0) is 18.7. The van der Waals surface area contributed by atoms with Crippen LogP contribution in [0.5, 0.6) is 0 Å². The molecule has 1 unspecified atom stereocenters. The number of esters is 1. The van der Waals surface area contributed by atoms with Crippen LogP contribution in [0.3, 0.4) is 0 Å². The van der Waals surface area contributed by atoms with Crippen molar-refractivity contribution < 1.29 is 36.9 Å². The minimum absolute atomic E-state index is 0.334. The van der Waals surface area contributed by atoms with Gasteiger partial charge in [-0.25, -0.2) is 4.79 Å². The van der Waals surface area contributed by atoms with Crippen LogP contribution in [-0.2, 0) is 29.3 Å².